The van der Waals surface area contributed by atoms with Crippen LogP contribution in [0.3, 0.4) is 0 Å². The zero-order chi connectivity index (χ0) is 25.4. The lowest BCUT2D eigenvalue weighted by molar-refractivity contribution is -0.141. The molecule has 1 unspecified atom stereocenters. The summed E-state index contributed by atoms with van der Waals surface area (Å²) in [6, 6.07) is 15.9. The molecule has 1 aliphatic carbocycles. The van der Waals surface area contributed by atoms with Gasteiger partial charge in [-0.1, -0.05) is 76.4 Å². The largest absolute Gasteiger partial charge is 0.497 e. The van der Waals surface area contributed by atoms with Crippen LogP contribution >= 0.6 is 0 Å². The Bertz CT molecular complexity index is 955. The number of carbonyl (C=O) groups excluding carboxylic acids is 2. The van der Waals surface area contributed by atoms with Crippen LogP contribution in [0.2, 0.25) is 0 Å². The number of benzene rings is 2. The third-order valence-corrected chi connectivity index (χ3v) is 7.08. The molecule has 1 aliphatic rings. The van der Waals surface area contributed by atoms with Crippen LogP contribution in [-0.4, -0.2) is 35.9 Å². The lowest BCUT2D eigenvalue weighted by Crippen LogP contribution is -2.50. The standard InChI is InChI=1S/C30H42N2O3/c1-22(29(34)31-26-9-7-6-8-10-26)32(21-24-13-18-27(35-5)19-14-24)28(33)20-15-23-11-16-25(17-12-23)30(2,3)4/h11-14,16-19,22,26H,6-10,15,20-21H2,1-5H3,(H,31,34). The Morgan fingerprint density at radius 3 is 2.14 bits per heavy atom. The molecule has 1 fully saturated rings. The summed E-state index contributed by atoms with van der Waals surface area (Å²) >= 11 is 0. The number of hydrogen-bond donors (Lipinski definition) is 1. The molecule has 1 saturated carbocycles. The SMILES string of the molecule is COc1ccc(CN(C(=O)CCc2ccc(C(C)(C)C)cc2)C(C)C(=O)NC2CCCCC2)cc1. The third kappa shape index (κ3) is 7.84. The normalized spacial score (nSPS) is 15.3. The van der Waals surface area contributed by atoms with Crippen molar-refractivity contribution in [1.82, 2.24) is 10.2 Å². The van der Waals surface area contributed by atoms with E-state index >= 15 is 0 Å². The van der Waals surface area contributed by atoms with E-state index in [1.807, 2.05) is 31.2 Å². The molecular formula is C30H42N2O3. The fourth-order valence-electron chi connectivity index (χ4n) is 4.65. The number of nitrogens with zero attached hydrogens (tertiary/aromatic N) is 1. The number of aryl methyl sites for hydroxylation is 1. The Morgan fingerprint density at radius 1 is 0.971 bits per heavy atom. The molecule has 2 aromatic rings. The van der Waals surface area contributed by atoms with Crippen molar-refractivity contribution in [3.63, 3.8) is 0 Å². The molecule has 1 N–H and O–H groups in total. The lowest BCUT2D eigenvalue weighted by atomic mass is 9.86. The van der Waals surface area contributed by atoms with Gasteiger partial charge in [-0.2, -0.15) is 0 Å². The van der Waals surface area contributed by atoms with Crippen LogP contribution in [0.4, 0.5) is 0 Å². The average Bonchev–Trinajstić information content (AvgIpc) is 2.86. The van der Waals surface area contributed by atoms with Gasteiger partial charge in [0, 0.05) is 19.0 Å². The molecule has 0 radical (unpaired) electrons. The molecule has 2 amide bonds. The molecule has 0 aromatic heterocycles. The monoisotopic (exact) mass is 478 g/mol. The van der Waals surface area contributed by atoms with Gasteiger partial charge >= 0.3 is 0 Å². The fraction of sp³-hybridized carbons (Fsp3) is 0.533. The smallest absolute Gasteiger partial charge is 0.242 e. The minimum absolute atomic E-state index is 0.00740. The van der Waals surface area contributed by atoms with Gasteiger partial charge in [0.25, 0.3) is 0 Å². The molecule has 0 heterocycles. The van der Waals surface area contributed by atoms with Crippen molar-refractivity contribution in [3.05, 3.63) is 65.2 Å². The molecule has 0 saturated heterocycles. The van der Waals surface area contributed by atoms with Crippen molar-refractivity contribution < 1.29 is 14.3 Å². The van der Waals surface area contributed by atoms with E-state index in [0.717, 1.165) is 42.6 Å². The number of hydrogen-bond acceptors (Lipinski definition) is 3. The van der Waals surface area contributed by atoms with E-state index < -0.39 is 6.04 Å². The Labute approximate surface area is 211 Å². The van der Waals surface area contributed by atoms with Gasteiger partial charge in [-0.25, -0.2) is 0 Å². The predicted molar refractivity (Wildman–Crippen MR) is 141 cm³/mol. The zero-order valence-electron chi connectivity index (χ0n) is 22.1. The highest BCUT2D eigenvalue weighted by molar-refractivity contribution is 5.87. The van der Waals surface area contributed by atoms with Gasteiger partial charge in [-0.3, -0.25) is 9.59 Å². The Hall–Kier alpha value is -2.82. The van der Waals surface area contributed by atoms with Crippen molar-refractivity contribution in [3.8, 4) is 5.75 Å². The molecule has 5 nitrogen and oxygen atoms in total. The summed E-state index contributed by atoms with van der Waals surface area (Å²) in [5, 5.41) is 3.20. The predicted octanol–water partition coefficient (Wildman–Crippen LogP) is 5.79. The number of rotatable bonds is 9. The van der Waals surface area contributed by atoms with Crippen molar-refractivity contribution in [2.45, 2.75) is 96.7 Å². The Morgan fingerprint density at radius 2 is 1.57 bits per heavy atom. The molecule has 2 aromatic carbocycles. The minimum Gasteiger partial charge on any atom is -0.497 e. The first-order chi connectivity index (χ1) is 16.7. The summed E-state index contributed by atoms with van der Waals surface area (Å²) in [4.78, 5) is 28.3. The second-order valence-corrected chi connectivity index (χ2v) is 10.8. The summed E-state index contributed by atoms with van der Waals surface area (Å²) in [5.74, 6) is 0.703. The minimum atomic E-state index is -0.533. The summed E-state index contributed by atoms with van der Waals surface area (Å²) in [5.41, 5.74) is 3.49. The maximum atomic E-state index is 13.4. The van der Waals surface area contributed by atoms with Crippen LogP contribution in [0.1, 0.15) is 82.9 Å². The molecule has 190 valence electrons. The Balaban J connectivity index is 1.70. The highest BCUT2D eigenvalue weighted by Gasteiger charge is 2.28. The average molecular weight is 479 g/mol. The quantitative estimate of drug-likeness (QED) is 0.496. The molecule has 0 aliphatic heterocycles. The van der Waals surface area contributed by atoms with Crippen LogP contribution < -0.4 is 10.1 Å². The fourth-order valence-corrected chi connectivity index (χ4v) is 4.65. The van der Waals surface area contributed by atoms with E-state index in [0.29, 0.717) is 19.4 Å². The van der Waals surface area contributed by atoms with E-state index in [4.69, 9.17) is 4.74 Å². The maximum Gasteiger partial charge on any atom is 0.242 e. The van der Waals surface area contributed by atoms with Crippen molar-refractivity contribution >= 4 is 11.8 Å². The van der Waals surface area contributed by atoms with Crippen molar-refractivity contribution in [1.29, 1.82) is 0 Å². The first-order valence-corrected chi connectivity index (χ1v) is 13.0. The van der Waals surface area contributed by atoms with Crippen LogP contribution in [0, 0.1) is 0 Å². The lowest BCUT2D eigenvalue weighted by Gasteiger charge is -2.31. The van der Waals surface area contributed by atoms with Crippen LogP contribution in [-0.2, 0) is 28.0 Å². The van der Waals surface area contributed by atoms with Crippen molar-refractivity contribution in [2.24, 2.45) is 0 Å². The number of methoxy groups -OCH3 is 1. The van der Waals surface area contributed by atoms with Gasteiger partial charge in [-0.05, 0) is 60.4 Å². The van der Waals surface area contributed by atoms with Gasteiger partial charge in [0.05, 0.1) is 7.11 Å². The number of ether oxygens (including phenoxy) is 1. The van der Waals surface area contributed by atoms with E-state index in [-0.39, 0.29) is 23.3 Å². The first-order valence-electron chi connectivity index (χ1n) is 13.0. The Kier molecular flexibility index (Phi) is 9.36. The highest BCUT2D eigenvalue weighted by atomic mass is 16.5. The second kappa shape index (κ2) is 12.2. The molecule has 0 bridgehead atoms. The van der Waals surface area contributed by atoms with Gasteiger partial charge in [0.2, 0.25) is 11.8 Å². The molecular weight excluding hydrogens is 436 g/mol. The van der Waals surface area contributed by atoms with Gasteiger partial charge < -0.3 is 15.0 Å². The summed E-state index contributed by atoms with van der Waals surface area (Å²) < 4.78 is 5.26. The first kappa shape index (κ1) is 26.8. The van der Waals surface area contributed by atoms with Crippen LogP contribution in [0.5, 0.6) is 5.75 Å². The van der Waals surface area contributed by atoms with Gasteiger partial charge in [0.15, 0.2) is 0 Å². The summed E-state index contributed by atoms with van der Waals surface area (Å²) in [7, 11) is 1.64. The van der Waals surface area contributed by atoms with Crippen LogP contribution in [0.25, 0.3) is 0 Å². The van der Waals surface area contributed by atoms with Crippen LogP contribution in [0.15, 0.2) is 48.5 Å². The molecule has 35 heavy (non-hydrogen) atoms. The highest BCUT2D eigenvalue weighted by Crippen LogP contribution is 2.23. The third-order valence-electron chi connectivity index (χ3n) is 7.08. The number of nitrogens with one attached hydrogen (secondary N) is 1. The molecule has 0 spiro atoms. The van der Waals surface area contributed by atoms with E-state index in [2.05, 4.69) is 50.4 Å². The topological polar surface area (TPSA) is 58.6 Å². The number of amides is 2. The second-order valence-electron chi connectivity index (χ2n) is 10.8. The molecule has 1 atom stereocenters. The van der Waals surface area contributed by atoms with Gasteiger partial charge in [-0.15, -0.1) is 0 Å². The van der Waals surface area contributed by atoms with Crippen molar-refractivity contribution in [2.75, 3.05) is 7.11 Å². The summed E-state index contributed by atoms with van der Waals surface area (Å²) in [6.07, 6.45) is 6.61. The molecule has 5 heteroatoms. The van der Waals surface area contributed by atoms with E-state index in [1.165, 1.54) is 12.0 Å². The zero-order valence-corrected chi connectivity index (χ0v) is 22.1. The maximum absolute atomic E-state index is 13.4. The van der Waals surface area contributed by atoms with E-state index in [1.54, 1.807) is 12.0 Å². The van der Waals surface area contributed by atoms with E-state index in [9.17, 15) is 9.59 Å². The van der Waals surface area contributed by atoms with Gasteiger partial charge in [0.1, 0.15) is 11.8 Å². The summed E-state index contributed by atoms with van der Waals surface area (Å²) in [6.45, 7) is 8.83. The molecule has 3 rings (SSSR count). The number of carbonyl (C=O) groups is 2.